The van der Waals surface area contributed by atoms with Gasteiger partial charge in [-0.05, 0) is 29.3 Å². The van der Waals surface area contributed by atoms with Gasteiger partial charge in [0.25, 0.3) is 0 Å². The lowest BCUT2D eigenvalue weighted by molar-refractivity contribution is 0.612. The first-order valence-corrected chi connectivity index (χ1v) is 6.08. The number of rotatable bonds is 4. The second-order valence-corrected chi connectivity index (χ2v) is 4.66. The Morgan fingerprint density at radius 1 is 1.06 bits per heavy atom. The van der Waals surface area contributed by atoms with Crippen LogP contribution in [0.2, 0.25) is 0 Å². The van der Waals surface area contributed by atoms with Crippen molar-refractivity contribution in [3.8, 4) is 0 Å². The van der Waals surface area contributed by atoms with Gasteiger partial charge in [-0.2, -0.15) is 0 Å². The van der Waals surface area contributed by atoms with Gasteiger partial charge in [-0.1, -0.05) is 28.1 Å². The quantitative estimate of drug-likeness (QED) is 0.936. The molecule has 2 rings (SSSR count). The number of halogens is 2. The molecule has 0 bridgehead atoms. The third-order valence-corrected chi connectivity index (χ3v) is 2.86. The number of nitrogens with zero attached hydrogens (tertiary/aromatic N) is 1. The van der Waals surface area contributed by atoms with Crippen LogP contribution in [0, 0.1) is 5.82 Å². The van der Waals surface area contributed by atoms with E-state index < -0.39 is 0 Å². The van der Waals surface area contributed by atoms with Crippen molar-refractivity contribution < 1.29 is 4.39 Å². The number of aromatic nitrogens is 1. The lowest BCUT2D eigenvalue weighted by Crippen LogP contribution is -2.12. The Labute approximate surface area is 108 Å². The first-order valence-electron chi connectivity index (χ1n) is 5.28. The Bertz CT molecular complexity index is 485. The summed E-state index contributed by atoms with van der Waals surface area (Å²) in [6, 6.07) is 9.57. The van der Waals surface area contributed by atoms with Gasteiger partial charge in [0.05, 0.1) is 6.20 Å². The summed E-state index contributed by atoms with van der Waals surface area (Å²) in [5.74, 6) is -0.298. The summed E-state index contributed by atoms with van der Waals surface area (Å²) in [6.45, 7) is 1.37. The minimum atomic E-state index is -0.298. The van der Waals surface area contributed by atoms with Gasteiger partial charge >= 0.3 is 0 Å². The number of hydrogen-bond acceptors (Lipinski definition) is 2. The van der Waals surface area contributed by atoms with E-state index in [1.807, 2.05) is 24.3 Å². The molecule has 88 valence electrons. The maximum atomic E-state index is 12.9. The summed E-state index contributed by atoms with van der Waals surface area (Å²) >= 11 is 3.39. The number of benzene rings is 1. The fourth-order valence-corrected chi connectivity index (χ4v) is 1.77. The van der Waals surface area contributed by atoms with Crippen LogP contribution in [-0.4, -0.2) is 4.98 Å². The van der Waals surface area contributed by atoms with Crippen LogP contribution in [0.25, 0.3) is 0 Å². The highest BCUT2D eigenvalue weighted by Crippen LogP contribution is 2.10. The van der Waals surface area contributed by atoms with E-state index in [1.54, 1.807) is 6.20 Å². The summed E-state index contributed by atoms with van der Waals surface area (Å²) in [7, 11) is 0. The molecule has 0 unspecified atom stereocenters. The van der Waals surface area contributed by atoms with Crippen LogP contribution in [0.4, 0.5) is 4.39 Å². The molecular weight excluding hydrogens is 283 g/mol. The molecule has 0 amide bonds. The highest BCUT2D eigenvalue weighted by atomic mass is 79.9. The van der Waals surface area contributed by atoms with Gasteiger partial charge in [-0.15, -0.1) is 0 Å². The predicted molar refractivity (Wildman–Crippen MR) is 68.9 cm³/mol. The molecule has 17 heavy (non-hydrogen) atoms. The van der Waals surface area contributed by atoms with Crippen LogP contribution >= 0.6 is 15.9 Å². The maximum Gasteiger partial charge on any atom is 0.141 e. The third kappa shape index (κ3) is 3.91. The SMILES string of the molecule is Fc1cncc(CNCc2ccc(Br)cc2)c1. The standard InChI is InChI=1S/C13H12BrFN2/c14-12-3-1-10(2-4-12)6-16-7-11-5-13(15)9-17-8-11/h1-5,8-9,16H,6-7H2. The van der Waals surface area contributed by atoms with Crippen LogP contribution in [-0.2, 0) is 13.1 Å². The summed E-state index contributed by atoms with van der Waals surface area (Å²) < 4.78 is 13.9. The summed E-state index contributed by atoms with van der Waals surface area (Å²) in [6.07, 6.45) is 2.87. The average Bonchev–Trinajstić information content (AvgIpc) is 2.32. The van der Waals surface area contributed by atoms with E-state index >= 15 is 0 Å². The molecule has 0 fully saturated rings. The van der Waals surface area contributed by atoms with Crippen LogP contribution in [0.3, 0.4) is 0 Å². The molecule has 0 saturated carbocycles. The number of nitrogens with one attached hydrogen (secondary N) is 1. The van der Waals surface area contributed by atoms with E-state index in [9.17, 15) is 4.39 Å². The van der Waals surface area contributed by atoms with E-state index in [0.29, 0.717) is 6.54 Å². The van der Waals surface area contributed by atoms with E-state index in [1.165, 1.54) is 17.8 Å². The molecule has 1 heterocycles. The Morgan fingerprint density at radius 2 is 1.76 bits per heavy atom. The highest BCUT2D eigenvalue weighted by molar-refractivity contribution is 9.10. The fraction of sp³-hybridized carbons (Fsp3) is 0.154. The van der Waals surface area contributed by atoms with E-state index in [0.717, 1.165) is 16.6 Å². The molecule has 1 aromatic carbocycles. The van der Waals surface area contributed by atoms with E-state index in [2.05, 4.69) is 26.2 Å². The van der Waals surface area contributed by atoms with Crippen LogP contribution < -0.4 is 5.32 Å². The van der Waals surface area contributed by atoms with Gasteiger partial charge in [0.15, 0.2) is 0 Å². The van der Waals surface area contributed by atoms with E-state index in [-0.39, 0.29) is 5.82 Å². The van der Waals surface area contributed by atoms with Crippen LogP contribution in [0.5, 0.6) is 0 Å². The molecule has 0 aliphatic carbocycles. The minimum absolute atomic E-state index is 0.298. The Balaban J connectivity index is 1.85. The highest BCUT2D eigenvalue weighted by Gasteiger charge is 1.97. The maximum absolute atomic E-state index is 12.9. The molecule has 0 radical (unpaired) electrons. The van der Waals surface area contributed by atoms with Crippen molar-refractivity contribution >= 4 is 15.9 Å². The average molecular weight is 295 g/mol. The molecule has 1 N–H and O–H groups in total. The molecule has 0 aliphatic rings. The molecule has 0 atom stereocenters. The second kappa shape index (κ2) is 5.89. The van der Waals surface area contributed by atoms with Gasteiger partial charge in [-0.3, -0.25) is 4.98 Å². The zero-order chi connectivity index (χ0) is 12.1. The van der Waals surface area contributed by atoms with Gasteiger partial charge in [0.1, 0.15) is 5.82 Å². The molecular formula is C13H12BrFN2. The molecule has 4 heteroatoms. The van der Waals surface area contributed by atoms with Crippen molar-refractivity contribution in [3.05, 3.63) is 64.1 Å². The molecule has 2 nitrogen and oxygen atoms in total. The molecule has 2 aromatic rings. The summed E-state index contributed by atoms with van der Waals surface area (Å²) in [5, 5.41) is 3.24. The normalized spacial score (nSPS) is 10.5. The zero-order valence-electron chi connectivity index (χ0n) is 9.16. The second-order valence-electron chi connectivity index (χ2n) is 3.74. The summed E-state index contributed by atoms with van der Waals surface area (Å²) in [4.78, 5) is 3.80. The van der Waals surface area contributed by atoms with Gasteiger partial charge < -0.3 is 5.32 Å². The first kappa shape index (κ1) is 12.2. The lowest BCUT2D eigenvalue weighted by atomic mass is 10.2. The smallest absolute Gasteiger partial charge is 0.141 e. The molecule has 0 spiro atoms. The van der Waals surface area contributed by atoms with Crippen molar-refractivity contribution in [1.29, 1.82) is 0 Å². The largest absolute Gasteiger partial charge is 0.309 e. The van der Waals surface area contributed by atoms with Crippen molar-refractivity contribution in [3.63, 3.8) is 0 Å². The predicted octanol–water partition coefficient (Wildman–Crippen LogP) is 3.27. The number of pyridine rings is 1. The van der Waals surface area contributed by atoms with Crippen molar-refractivity contribution in [2.75, 3.05) is 0 Å². The Hall–Kier alpha value is -1.26. The van der Waals surface area contributed by atoms with Crippen molar-refractivity contribution in [1.82, 2.24) is 10.3 Å². The molecule has 1 aromatic heterocycles. The summed E-state index contributed by atoms with van der Waals surface area (Å²) in [5.41, 5.74) is 2.04. The Kier molecular flexibility index (Phi) is 4.23. The topological polar surface area (TPSA) is 24.9 Å². The number of hydrogen-bond donors (Lipinski definition) is 1. The van der Waals surface area contributed by atoms with Gasteiger partial charge in [-0.25, -0.2) is 4.39 Å². The third-order valence-electron chi connectivity index (χ3n) is 2.33. The van der Waals surface area contributed by atoms with Crippen LogP contribution in [0.1, 0.15) is 11.1 Å². The van der Waals surface area contributed by atoms with E-state index in [4.69, 9.17) is 0 Å². The molecule has 0 saturated heterocycles. The van der Waals surface area contributed by atoms with Gasteiger partial charge in [0.2, 0.25) is 0 Å². The minimum Gasteiger partial charge on any atom is -0.309 e. The van der Waals surface area contributed by atoms with Gasteiger partial charge in [0, 0.05) is 23.8 Å². The van der Waals surface area contributed by atoms with Crippen molar-refractivity contribution in [2.45, 2.75) is 13.1 Å². The monoisotopic (exact) mass is 294 g/mol. The fourth-order valence-electron chi connectivity index (χ4n) is 1.51. The van der Waals surface area contributed by atoms with Crippen molar-refractivity contribution in [2.24, 2.45) is 0 Å². The molecule has 0 aliphatic heterocycles. The first-order chi connectivity index (χ1) is 8.24. The van der Waals surface area contributed by atoms with Crippen LogP contribution in [0.15, 0.2) is 47.2 Å². The lowest BCUT2D eigenvalue weighted by Gasteiger charge is -2.05. The Morgan fingerprint density at radius 3 is 2.47 bits per heavy atom. The zero-order valence-corrected chi connectivity index (χ0v) is 10.7.